The lowest BCUT2D eigenvalue weighted by atomic mass is 10.1. The number of aromatic nitrogens is 2. The fraction of sp³-hybridized carbons (Fsp3) is 0.500. The quantitative estimate of drug-likeness (QED) is 0.739. The van der Waals surface area contributed by atoms with Gasteiger partial charge in [0.2, 0.25) is 0 Å². The molecule has 0 saturated carbocycles. The number of nitrogens with two attached hydrogens (primary N) is 1. The fourth-order valence-electron chi connectivity index (χ4n) is 1.75. The Labute approximate surface area is 105 Å². The van der Waals surface area contributed by atoms with Crippen LogP contribution < -0.4 is 11.1 Å². The molecular formula is C10H14N4O3S. The number of amides is 1. The molecule has 0 radical (unpaired) electrons. The molecule has 2 rings (SSSR count). The van der Waals surface area contributed by atoms with Gasteiger partial charge in [-0.05, 0) is 12.8 Å². The molecule has 0 spiro atoms. The predicted octanol–water partition coefficient (Wildman–Crippen LogP) is -0.634. The molecule has 3 N–H and O–H groups in total. The van der Waals surface area contributed by atoms with E-state index in [9.17, 15) is 13.2 Å². The van der Waals surface area contributed by atoms with Crippen molar-refractivity contribution in [3.63, 3.8) is 0 Å². The number of anilines is 1. The maximum Gasteiger partial charge on any atom is 0.271 e. The molecule has 1 saturated heterocycles. The number of sulfone groups is 1. The summed E-state index contributed by atoms with van der Waals surface area (Å²) in [6, 6.07) is -0.125. The molecule has 2 heterocycles. The molecule has 1 aliphatic heterocycles. The zero-order valence-electron chi connectivity index (χ0n) is 9.67. The monoisotopic (exact) mass is 270 g/mol. The van der Waals surface area contributed by atoms with Crippen molar-refractivity contribution in [2.24, 2.45) is 0 Å². The molecule has 0 bridgehead atoms. The second kappa shape index (κ2) is 4.89. The number of nitrogens with one attached hydrogen (secondary N) is 1. The van der Waals surface area contributed by atoms with Crippen LogP contribution in [0.2, 0.25) is 0 Å². The molecule has 18 heavy (non-hydrogen) atoms. The van der Waals surface area contributed by atoms with Gasteiger partial charge in [-0.15, -0.1) is 0 Å². The number of nitrogens with zero attached hydrogens (tertiary/aromatic N) is 2. The van der Waals surface area contributed by atoms with Gasteiger partial charge in [0, 0.05) is 6.04 Å². The van der Waals surface area contributed by atoms with E-state index in [1.807, 2.05) is 0 Å². The van der Waals surface area contributed by atoms with Crippen molar-refractivity contribution in [2.45, 2.75) is 18.9 Å². The normalized spacial score (nSPS) is 19.3. The minimum absolute atomic E-state index is 0.116. The fourth-order valence-corrected chi connectivity index (χ4v) is 3.24. The Morgan fingerprint density at radius 2 is 1.94 bits per heavy atom. The van der Waals surface area contributed by atoms with Crippen LogP contribution in [-0.2, 0) is 9.84 Å². The smallest absolute Gasteiger partial charge is 0.271 e. The highest BCUT2D eigenvalue weighted by atomic mass is 32.2. The second-order valence-corrected chi connectivity index (χ2v) is 6.53. The van der Waals surface area contributed by atoms with E-state index in [1.54, 1.807) is 0 Å². The first-order valence-corrected chi connectivity index (χ1v) is 7.37. The number of carbonyl (C=O) groups is 1. The molecule has 8 heteroatoms. The molecular weight excluding hydrogens is 256 g/mol. The van der Waals surface area contributed by atoms with E-state index in [-0.39, 0.29) is 35.0 Å². The SMILES string of the molecule is Nc1cnc(C(=O)NC2CCS(=O)(=O)CC2)cn1. The molecule has 0 atom stereocenters. The summed E-state index contributed by atoms with van der Waals surface area (Å²) in [6.07, 6.45) is 3.48. The average molecular weight is 270 g/mol. The highest BCUT2D eigenvalue weighted by Gasteiger charge is 2.25. The van der Waals surface area contributed by atoms with Crippen LogP contribution in [0.15, 0.2) is 12.4 Å². The Bertz CT molecular complexity index is 527. The van der Waals surface area contributed by atoms with E-state index < -0.39 is 9.84 Å². The van der Waals surface area contributed by atoms with Gasteiger partial charge in [0.05, 0.1) is 23.9 Å². The van der Waals surface area contributed by atoms with Crippen LogP contribution in [0.25, 0.3) is 0 Å². The maximum absolute atomic E-state index is 11.8. The molecule has 7 nitrogen and oxygen atoms in total. The van der Waals surface area contributed by atoms with Crippen LogP contribution in [0.1, 0.15) is 23.3 Å². The third-order valence-electron chi connectivity index (χ3n) is 2.79. The lowest BCUT2D eigenvalue weighted by Gasteiger charge is -2.22. The second-order valence-electron chi connectivity index (χ2n) is 4.23. The van der Waals surface area contributed by atoms with E-state index >= 15 is 0 Å². The Morgan fingerprint density at radius 3 is 2.50 bits per heavy atom. The summed E-state index contributed by atoms with van der Waals surface area (Å²) >= 11 is 0. The summed E-state index contributed by atoms with van der Waals surface area (Å²) in [5.74, 6) is 0.124. The van der Waals surface area contributed by atoms with Gasteiger partial charge in [0.1, 0.15) is 21.3 Å². The van der Waals surface area contributed by atoms with Crippen LogP contribution in [-0.4, -0.2) is 41.8 Å². The lowest BCUT2D eigenvalue weighted by molar-refractivity contribution is 0.0929. The summed E-state index contributed by atoms with van der Waals surface area (Å²) in [4.78, 5) is 19.4. The van der Waals surface area contributed by atoms with Crippen LogP contribution in [0, 0.1) is 0 Å². The molecule has 1 aliphatic rings. The third kappa shape index (κ3) is 3.16. The van der Waals surface area contributed by atoms with Gasteiger partial charge in [-0.3, -0.25) is 4.79 Å². The average Bonchev–Trinajstić information content (AvgIpc) is 2.33. The van der Waals surface area contributed by atoms with Crippen molar-refractivity contribution in [1.82, 2.24) is 15.3 Å². The Hall–Kier alpha value is -1.70. The van der Waals surface area contributed by atoms with E-state index in [0.29, 0.717) is 12.8 Å². The van der Waals surface area contributed by atoms with Crippen LogP contribution >= 0.6 is 0 Å². The maximum atomic E-state index is 11.8. The molecule has 0 aromatic carbocycles. The molecule has 1 aromatic rings. The zero-order chi connectivity index (χ0) is 13.2. The van der Waals surface area contributed by atoms with Crippen LogP contribution in [0.5, 0.6) is 0 Å². The first-order valence-electron chi connectivity index (χ1n) is 5.55. The summed E-state index contributed by atoms with van der Waals surface area (Å²) in [5.41, 5.74) is 5.55. The summed E-state index contributed by atoms with van der Waals surface area (Å²) in [6.45, 7) is 0. The van der Waals surface area contributed by atoms with E-state index in [0.717, 1.165) is 0 Å². The molecule has 1 fully saturated rings. The summed E-state index contributed by atoms with van der Waals surface area (Å²) in [5, 5.41) is 2.75. The van der Waals surface area contributed by atoms with Crippen molar-refractivity contribution in [3.05, 3.63) is 18.1 Å². The molecule has 0 aliphatic carbocycles. The van der Waals surface area contributed by atoms with Crippen molar-refractivity contribution < 1.29 is 13.2 Å². The Balaban J connectivity index is 1.94. The van der Waals surface area contributed by atoms with Crippen molar-refractivity contribution in [2.75, 3.05) is 17.2 Å². The molecule has 98 valence electrons. The topological polar surface area (TPSA) is 115 Å². The zero-order valence-corrected chi connectivity index (χ0v) is 10.5. The first-order chi connectivity index (χ1) is 8.46. The van der Waals surface area contributed by atoms with Crippen molar-refractivity contribution in [3.8, 4) is 0 Å². The van der Waals surface area contributed by atoms with E-state index in [4.69, 9.17) is 5.73 Å². The number of nitrogen functional groups attached to an aromatic ring is 1. The van der Waals surface area contributed by atoms with Crippen LogP contribution in [0.3, 0.4) is 0 Å². The Morgan fingerprint density at radius 1 is 1.28 bits per heavy atom. The molecule has 1 aromatic heterocycles. The van der Waals surface area contributed by atoms with E-state index in [2.05, 4.69) is 15.3 Å². The van der Waals surface area contributed by atoms with Gasteiger partial charge in [0.15, 0.2) is 0 Å². The van der Waals surface area contributed by atoms with Crippen LogP contribution in [0.4, 0.5) is 5.82 Å². The third-order valence-corrected chi connectivity index (χ3v) is 4.51. The Kier molecular flexibility index (Phi) is 3.46. The van der Waals surface area contributed by atoms with Gasteiger partial charge in [-0.2, -0.15) is 0 Å². The number of rotatable bonds is 2. The van der Waals surface area contributed by atoms with Gasteiger partial charge in [0.25, 0.3) is 5.91 Å². The predicted molar refractivity (Wildman–Crippen MR) is 65.6 cm³/mol. The summed E-state index contributed by atoms with van der Waals surface area (Å²) in [7, 11) is -2.92. The van der Waals surface area contributed by atoms with Gasteiger partial charge in [-0.1, -0.05) is 0 Å². The number of carbonyl (C=O) groups excluding carboxylic acids is 1. The first kappa shape index (κ1) is 12.7. The summed E-state index contributed by atoms with van der Waals surface area (Å²) < 4.78 is 22.5. The van der Waals surface area contributed by atoms with Crippen molar-refractivity contribution in [1.29, 1.82) is 0 Å². The number of hydrogen-bond acceptors (Lipinski definition) is 6. The van der Waals surface area contributed by atoms with Gasteiger partial charge < -0.3 is 11.1 Å². The molecule has 1 amide bonds. The lowest BCUT2D eigenvalue weighted by Crippen LogP contribution is -2.41. The molecule has 0 unspecified atom stereocenters. The van der Waals surface area contributed by atoms with Crippen molar-refractivity contribution >= 4 is 21.6 Å². The standard InChI is InChI=1S/C10H14N4O3S/c11-9-6-12-8(5-13-9)10(15)14-7-1-3-18(16,17)4-2-7/h5-7H,1-4H2,(H2,11,13)(H,14,15). The highest BCUT2D eigenvalue weighted by Crippen LogP contribution is 2.12. The minimum Gasteiger partial charge on any atom is -0.382 e. The van der Waals surface area contributed by atoms with Gasteiger partial charge in [-0.25, -0.2) is 18.4 Å². The highest BCUT2D eigenvalue weighted by molar-refractivity contribution is 7.91. The largest absolute Gasteiger partial charge is 0.382 e. The van der Waals surface area contributed by atoms with Gasteiger partial charge >= 0.3 is 0 Å². The van der Waals surface area contributed by atoms with E-state index in [1.165, 1.54) is 12.4 Å². The number of hydrogen-bond donors (Lipinski definition) is 2. The minimum atomic E-state index is -2.92.